The summed E-state index contributed by atoms with van der Waals surface area (Å²) in [7, 11) is 0. The number of hydrogen-bond acceptors (Lipinski definition) is 4. The lowest BCUT2D eigenvalue weighted by atomic mass is 10.3. The molecule has 1 aliphatic heterocycles. The van der Waals surface area contributed by atoms with E-state index in [1.807, 2.05) is 34.3 Å². The van der Waals surface area contributed by atoms with Gasteiger partial charge in [-0.25, -0.2) is 4.98 Å². The number of hydrogen-bond donors (Lipinski definition) is 2. The zero-order chi connectivity index (χ0) is 17.2. The highest BCUT2D eigenvalue weighted by Crippen LogP contribution is 2.12. The maximum Gasteiger partial charge on any atom is 0.226 e. The van der Waals surface area contributed by atoms with Gasteiger partial charge < -0.3 is 15.0 Å². The molecule has 1 aliphatic rings. The summed E-state index contributed by atoms with van der Waals surface area (Å²) in [6.07, 6.45) is 5.09. The predicted molar refractivity (Wildman–Crippen MR) is 109 cm³/mol. The summed E-state index contributed by atoms with van der Waals surface area (Å²) in [4.78, 5) is 16.7. The van der Waals surface area contributed by atoms with E-state index < -0.39 is 0 Å². The van der Waals surface area contributed by atoms with E-state index in [0.29, 0.717) is 13.0 Å². The van der Waals surface area contributed by atoms with E-state index in [4.69, 9.17) is 0 Å². The maximum atomic E-state index is 12.3. The van der Waals surface area contributed by atoms with Gasteiger partial charge in [0.05, 0.1) is 30.0 Å². The van der Waals surface area contributed by atoms with Gasteiger partial charge in [0.2, 0.25) is 5.91 Å². The highest BCUT2D eigenvalue weighted by atomic mass is 35.5. The molecule has 3 aromatic rings. The van der Waals surface area contributed by atoms with Crippen LogP contribution >= 0.6 is 24.8 Å². The molecule has 7 nitrogen and oxygen atoms in total. The first-order chi connectivity index (χ1) is 12.2. The second-order valence-corrected chi connectivity index (χ2v) is 6.47. The van der Waals surface area contributed by atoms with Crippen molar-refractivity contribution in [2.45, 2.75) is 39.4 Å². The molecular weight excluding hydrogens is 387 g/mol. The van der Waals surface area contributed by atoms with Crippen LogP contribution in [-0.2, 0) is 30.8 Å². The summed E-state index contributed by atoms with van der Waals surface area (Å²) >= 11 is 0. The molecule has 146 valence electrons. The number of rotatable bonds is 4. The number of carbonyl (C=O) groups is 1. The molecule has 4 heterocycles. The van der Waals surface area contributed by atoms with E-state index in [0.717, 1.165) is 48.7 Å². The Kier molecular flexibility index (Phi) is 7.24. The molecule has 4 rings (SSSR count). The van der Waals surface area contributed by atoms with Crippen molar-refractivity contribution in [2.75, 3.05) is 6.54 Å². The molecular formula is C18H24Cl2N6O. The Balaban J connectivity index is 0.00000131. The molecule has 1 amide bonds. The summed E-state index contributed by atoms with van der Waals surface area (Å²) in [5, 5.41) is 10.9. The minimum Gasteiger partial charge on any atom is -0.350 e. The van der Waals surface area contributed by atoms with E-state index in [-0.39, 0.29) is 30.7 Å². The highest BCUT2D eigenvalue weighted by molar-refractivity contribution is 5.85. The van der Waals surface area contributed by atoms with Crippen molar-refractivity contribution in [2.24, 2.45) is 0 Å². The fourth-order valence-electron chi connectivity index (χ4n) is 3.26. The van der Waals surface area contributed by atoms with Crippen molar-refractivity contribution >= 4 is 36.4 Å². The first-order valence-corrected chi connectivity index (χ1v) is 8.65. The molecule has 0 aromatic carbocycles. The molecule has 0 fully saturated rings. The third kappa shape index (κ3) is 4.61. The summed E-state index contributed by atoms with van der Waals surface area (Å²) in [6, 6.07) is 6.05. The molecule has 0 aliphatic carbocycles. The number of carbonyl (C=O) groups excluding carboxylic acids is 1. The minimum atomic E-state index is -0.0235. The lowest BCUT2D eigenvalue weighted by Crippen LogP contribution is -2.25. The van der Waals surface area contributed by atoms with Crippen molar-refractivity contribution in [3.05, 3.63) is 53.2 Å². The topological polar surface area (TPSA) is 76.2 Å². The standard InChI is InChI=1S/C18H22N6O.2ClH/c1-13-4-2-6-23-15(12-21-18(13)23)9-17(25)20-10-14-8-16-11-19-5-3-7-24(16)22-14;;/h2,4,6,8,12,19H,3,5,7,9-11H2,1H3,(H,20,25);2*1H. The van der Waals surface area contributed by atoms with Crippen LogP contribution in [0.2, 0.25) is 0 Å². The zero-order valence-electron chi connectivity index (χ0n) is 15.1. The molecule has 0 atom stereocenters. The Bertz CT molecular complexity index is 896. The number of aryl methyl sites for hydroxylation is 2. The van der Waals surface area contributed by atoms with Crippen LogP contribution in [0.25, 0.3) is 5.65 Å². The molecule has 3 aromatic heterocycles. The van der Waals surface area contributed by atoms with Crippen LogP contribution in [-0.4, -0.2) is 31.6 Å². The first-order valence-electron chi connectivity index (χ1n) is 8.65. The number of imidazole rings is 1. The average Bonchev–Trinajstić information content (AvgIpc) is 3.12. The van der Waals surface area contributed by atoms with Crippen LogP contribution in [0, 0.1) is 6.92 Å². The predicted octanol–water partition coefficient (Wildman–Crippen LogP) is 2.04. The van der Waals surface area contributed by atoms with E-state index in [1.165, 1.54) is 5.69 Å². The van der Waals surface area contributed by atoms with Gasteiger partial charge in [-0.15, -0.1) is 24.8 Å². The van der Waals surface area contributed by atoms with Gasteiger partial charge in [0, 0.05) is 25.5 Å². The van der Waals surface area contributed by atoms with Gasteiger partial charge in [0.25, 0.3) is 0 Å². The van der Waals surface area contributed by atoms with Crippen molar-refractivity contribution in [3.8, 4) is 0 Å². The van der Waals surface area contributed by atoms with Crippen LogP contribution in [0.15, 0.2) is 30.6 Å². The third-order valence-corrected chi connectivity index (χ3v) is 4.56. The molecule has 0 spiro atoms. The summed E-state index contributed by atoms with van der Waals surface area (Å²) in [6.45, 7) is 5.26. The number of halogens is 2. The first kappa shape index (κ1) is 21.2. The number of pyridine rings is 1. The van der Waals surface area contributed by atoms with Crippen LogP contribution in [0.4, 0.5) is 0 Å². The fraction of sp³-hybridized carbons (Fsp3) is 0.389. The van der Waals surface area contributed by atoms with Gasteiger partial charge in [-0.1, -0.05) is 6.07 Å². The van der Waals surface area contributed by atoms with Crippen molar-refractivity contribution in [1.82, 2.24) is 29.8 Å². The number of amides is 1. The number of nitrogens with one attached hydrogen (secondary N) is 2. The largest absolute Gasteiger partial charge is 0.350 e. The summed E-state index contributed by atoms with van der Waals surface area (Å²) in [5.41, 5.74) is 4.97. The highest BCUT2D eigenvalue weighted by Gasteiger charge is 2.13. The van der Waals surface area contributed by atoms with Crippen molar-refractivity contribution in [3.63, 3.8) is 0 Å². The fourth-order valence-corrected chi connectivity index (χ4v) is 3.26. The molecule has 0 saturated heterocycles. The zero-order valence-corrected chi connectivity index (χ0v) is 16.8. The van der Waals surface area contributed by atoms with Crippen LogP contribution < -0.4 is 10.6 Å². The van der Waals surface area contributed by atoms with E-state index in [2.05, 4.69) is 26.8 Å². The molecule has 27 heavy (non-hydrogen) atoms. The van der Waals surface area contributed by atoms with Gasteiger partial charge >= 0.3 is 0 Å². The lowest BCUT2D eigenvalue weighted by Gasteiger charge is -2.04. The van der Waals surface area contributed by atoms with Crippen LogP contribution in [0.1, 0.15) is 29.1 Å². The van der Waals surface area contributed by atoms with Gasteiger partial charge in [-0.05, 0) is 37.6 Å². The van der Waals surface area contributed by atoms with Crippen LogP contribution in [0.5, 0.6) is 0 Å². The molecule has 0 saturated carbocycles. The maximum absolute atomic E-state index is 12.3. The Morgan fingerprint density at radius 3 is 3.07 bits per heavy atom. The Hall–Kier alpha value is -2.09. The van der Waals surface area contributed by atoms with Crippen molar-refractivity contribution < 1.29 is 4.79 Å². The SMILES string of the molecule is Cc1cccn2c(CC(=O)NCc3cc4n(n3)CCCNC4)cnc12.Cl.Cl. The molecule has 2 N–H and O–H groups in total. The number of nitrogens with zero attached hydrogens (tertiary/aromatic N) is 4. The van der Waals surface area contributed by atoms with Crippen LogP contribution in [0.3, 0.4) is 0 Å². The van der Waals surface area contributed by atoms with E-state index in [1.54, 1.807) is 6.20 Å². The normalized spacial score (nSPS) is 13.2. The van der Waals surface area contributed by atoms with E-state index in [9.17, 15) is 4.79 Å². The molecule has 9 heteroatoms. The van der Waals surface area contributed by atoms with E-state index >= 15 is 0 Å². The van der Waals surface area contributed by atoms with Crippen molar-refractivity contribution in [1.29, 1.82) is 0 Å². The second kappa shape index (κ2) is 9.21. The Morgan fingerprint density at radius 2 is 2.22 bits per heavy atom. The Labute approximate surface area is 170 Å². The van der Waals surface area contributed by atoms with Gasteiger partial charge in [0.1, 0.15) is 5.65 Å². The molecule has 0 bridgehead atoms. The third-order valence-electron chi connectivity index (χ3n) is 4.56. The second-order valence-electron chi connectivity index (χ2n) is 6.47. The van der Waals surface area contributed by atoms with Gasteiger partial charge in [0.15, 0.2) is 0 Å². The monoisotopic (exact) mass is 410 g/mol. The quantitative estimate of drug-likeness (QED) is 0.689. The summed E-state index contributed by atoms with van der Waals surface area (Å²) < 4.78 is 4.01. The average molecular weight is 411 g/mol. The Morgan fingerprint density at radius 1 is 1.37 bits per heavy atom. The summed E-state index contributed by atoms with van der Waals surface area (Å²) in [5.74, 6) is -0.0235. The molecule has 0 radical (unpaired) electrons. The smallest absolute Gasteiger partial charge is 0.226 e. The number of aromatic nitrogens is 4. The minimum absolute atomic E-state index is 0. The lowest BCUT2D eigenvalue weighted by molar-refractivity contribution is -0.120. The molecule has 0 unspecified atom stereocenters. The van der Waals surface area contributed by atoms with Gasteiger partial charge in [-0.2, -0.15) is 5.10 Å². The number of fused-ring (bicyclic) bond motifs is 2. The van der Waals surface area contributed by atoms with Gasteiger partial charge in [-0.3, -0.25) is 9.48 Å².